The fourth-order valence-electron chi connectivity index (χ4n) is 2.84. The molecule has 7 nitrogen and oxygen atoms in total. The maximum atomic E-state index is 12.1. The second kappa shape index (κ2) is 5.68. The van der Waals surface area contributed by atoms with Crippen molar-refractivity contribution in [1.29, 1.82) is 0 Å². The smallest absolute Gasteiger partial charge is 0.318 e. The van der Waals surface area contributed by atoms with Gasteiger partial charge in [0.15, 0.2) is 0 Å². The van der Waals surface area contributed by atoms with Crippen LogP contribution in [-0.2, 0) is 9.59 Å². The molecule has 2 rings (SSSR count). The van der Waals surface area contributed by atoms with Gasteiger partial charge in [0, 0.05) is 19.6 Å². The Bertz CT molecular complexity index is 420. The van der Waals surface area contributed by atoms with Crippen LogP contribution in [0.4, 0.5) is 4.79 Å². The largest absolute Gasteiger partial charge is 0.481 e. The Morgan fingerprint density at radius 2 is 2.20 bits per heavy atom. The van der Waals surface area contributed by atoms with Gasteiger partial charge >= 0.3 is 12.0 Å². The van der Waals surface area contributed by atoms with Gasteiger partial charge in [0.05, 0.1) is 6.42 Å². The molecule has 0 aromatic carbocycles. The summed E-state index contributed by atoms with van der Waals surface area (Å²) in [5, 5.41) is 14.4. The van der Waals surface area contributed by atoms with E-state index in [2.05, 4.69) is 10.6 Å². The maximum Gasteiger partial charge on any atom is 0.318 e. The number of carboxylic acid groups (broad SMARTS) is 1. The Balaban J connectivity index is 1.88. The second-order valence-electron chi connectivity index (χ2n) is 5.74. The lowest BCUT2D eigenvalue weighted by molar-refractivity contribution is -0.141. The molecule has 2 aliphatic rings. The molecule has 0 aromatic rings. The fraction of sp³-hybridized carbons (Fsp3) is 0.769. The van der Waals surface area contributed by atoms with E-state index >= 15 is 0 Å². The molecule has 0 radical (unpaired) electrons. The molecule has 1 saturated heterocycles. The Hall–Kier alpha value is -1.79. The van der Waals surface area contributed by atoms with Gasteiger partial charge in [-0.15, -0.1) is 0 Å². The molecule has 112 valence electrons. The van der Waals surface area contributed by atoms with E-state index in [9.17, 15) is 14.4 Å². The second-order valence-corrected chi connectivity index (χ2v) is 5.74. The van der Waals surface area contributed by atoms with Crippen LogP contribution in [0.2, 0.25) is 0 Å². The molecule has 1 atom stereocenters. The Morgan fingerprint density at radius 3 is 2.75 bits per heavy atom. The Morgan fingerprint density at radius 1 is 1.50 bits per heavy atom. The number of nitrogens with one attached hydrogen (secondary N) is 2. The molecule has 2 fully saturated rings. The van der Waals surface area contributed by atoms with E-state index in [0.29, 0.717) is 19.6 Å². The normalized spacial score (nSPS) is 24.6. The summed E-state index contributed by atoms with van der Waals surface area (Å²) < 4.78 is 0. The molecule has 3 amide bonds. The molecule has 1 heterocycles. The van der Waals surface area contributed by atoms with Crippen LogP contribution in [-0.4, -0.2) is 53.6 Å². The number of rotatable bonds is 4. The van der Waals surface area contributed by atoms with E-state index in [1.807, 2.05) is 0 Å². The molecule has 20 heavy (non-hydrogen) atoms. The lowest BCUT2D eigenvalue weighted by Crippen LogP contribution is -2.59. The van der Waals surface area contributed by atoms with Crippen LogP contribution < -0.4 is 10.6 Å². The first-order chi connectivity index (χ1) is 9.43. The van der Waals surface area contributed by atoms with Crippen molar-refractivity contribution in [2.24, 2.45) is 5.41 Å². The van der Waals surface area contributed by atoms with E-state index < -0.39 is 12.0 Å². The number of hydrogen-bond acceptors (Lipinski definition) is 3. The van der Waals surface area contributed by atoms with E-state index in [4.69, 9.17) is 5.11 Å². The molecule has 1 unspecified atom stereocenters. The van der Waals surface area contributed by atoms with Crippen LogP contribution in [0.3, 0.4) is 0 Å². The van der Waals surface area contributed by atoms with Gasteiger partial charge in [0.1, 0.15) is 6.04 Å². The average molecular weight is 283 g/mol. The first kappa shape index (κ1) is 14.6. The SMILES string of the molecule is CC1C(=O)NCCN1C(=O)NCC1(CC(=O)O)CCC1. The summed E-state index contributed by atoms with van der Waals surface area (Å²) >= 11 is 0. The van der Waals surface area contributed by atoms with E-state index in [1.54, 1.807) is 6.92 Å². The summed E-state index contributed by atoms with van der Waals surface area (Å²) in [4.78, 5) is 36.0. The standard InChI is InChI=1S/C13H21N3O4/c1-9-11(19)14-5-6-16(9)12(20)15-8-13(3-2-4-13)7-10(17)18/h9H,2-8H2,1H3,(H,14,19)(H,15,20)(H,17,18). The molecule has 1 aliphatic carbocycles. The van der Waals surface area contributed by atoms with Crippen molar-refractivity contribution in [3.63, 3.8) is 0 Å². The number of carbonyl (C=O) groups is 3. The zero-order valence-corrected chi connectivity index (χ0v) is 11.6. The van der Waals surface area contributed by atoms with Gasteiger partial charge < -0.3 is 20.6 Å². The van der Waals surface area contributed by atoms with Crippen molar-refractivity contribution in [2.45, 2.75) is 38.6 Å². The van der Waals surface area contributed by atoms with E-state index in [-0.39, 0.29) is 23.8 Å². The molecule has 0 spiro atoms. The minimum atomic E-state index is -0.829. The summed E-state index contributed by atoms with van der Waals surface area (Å²) in [6.07, 6.45) is 2.75. The van der Waals surface area contributed by atoms with Crippen molar-refractivity contribution < 1.29 is 19.5 Å². The van der Waals surface area contributed by atoms with Crippen molar-refractivity contribution in [3.05, 3.63) is 0 Å². The van der Waals surface area contributed by atoms with Crippen LogP contribution in [0, 0.1) is 5.41 Å². The van der Waals surface area contributed by atoms with E-state index in [0.717, 1.165) is 19.3 Å². The Kier molecular flexibility index (Phi) is 4.15. The number of hydrogen-bond donors (Lipinski definition) is 3. The lowest BCUT2D eigenvalue weighted by atomic mass is 9.66. The number of urea groups is 1. The van der Waals surface area contributed by atoms with Crippen LogP contribution in [0.5, 0.6) is 0 Å². The van der Waals surface area contributed by atoms with Crippen molar-refractivity contribution >= 4 is 17.9 Å². The van der Waals surface area contributed by atoms with Crippen LogP contribution in [0.15, 0.2) is 0 Å². The van der Waals surface area contributed by atoms with Crippen LogP contribution in [0.25, 0.3) is 0 Å². The zero-order valence-electron chi connectivity index (χ0n) is 11.6. The third-order valence-electron chi connectivity index (χ3n) is 4.31. The topological polar surface area (TPSA) is 98.7 Å². The summed E-state index contributed by atoms with van der Waals surface area (Å²) in [6, 6.07) is -0.774. The van der Waals surface area contributed by atoms with Gasteiger partial charge in [-0.25, -0.2) is 4.79 Å². The summed E-state index contributed by atoms with van der Waals surface area (Å²) in [6.45, 7) is 2.98. The average Bonchev–Trinajstić information content (AvgIpc) is 2.35. The van der Waals surface area contributed by atoms with E-state index in [1.165, 1.54) is 4.90 Å². The molecule has 7 heteroatoms. The van der Waals surface area contributed by atoms with Gasteiger partial charge in [-0.05, 0) is 25.2 Å². The molecular formula is C13H21N3O4. The number of nitrogens with zero attached hydrogens (tertiary/aromatic N) is 1. The number of carboxylic acids is 1. The quantitative estimate of drug-likeness (QED) is 0.684. The molecular weight excluding hydrogens is 262 g/mol. The highest BCUT2D eigenvalue weighted by Crippen LogP contribution is 2.43. The third kappa shape index (κ3) is 3.02. The highest BCUT2D eigenvalue weighted by atomic mass is 16.4. The van der Waals surface area contributed by atoms with Crippen molar-refractivity contribution in [2.75, 3.05) is 19.6 Å². The lowest BCUT2D eigenvalue weighted by Gasteiger charge is -2.42. The molecule has 3 N–H and O–H groups in total. The monoisotopic (exact) mass is 283 g/mol. The zero-order chi connectivity index (χ0) is 14.8. The van der Waals surface area contributed by atoms with Crippen LogP contribution >= 0.6 is 0 Å². The van der Waals surface area contributed by atoms with Gasteiger partial charge in [0.2, 0.25) is 5.91 Å². The number of piperazine rings is 1. The van der Waals surface area contributed by atoms with Gasteiger partial charge in [0.25, 0.3) is 0 Å². The number of aliphatic carboxylic acids is 1. The van der Waals surface area contributed by atoms with Crippen molar-refractivity contribution in [3.8, 4) is 0 Å². The predicted molar refractivity (Wildman–Crippen MR) is 71.1 cm³/mol. The summed E-state index contributed by atoms with van der Waals surface area (Å²) in [5.74, 6) is -0.986. The first-order valence-corrected chi connectivity index (χ1v) is 6.97. The molecule has 1 saturated carbocycles. The number of amides is 3. The fourth-order valence-corrected chi connectivity index (χ4v) is 2.84. The molecule has 1 aliphatic heterocycles. The van der Waals surface area contributed by atoms with Gasteiger partial charge in [-0.2, -0.15) is 0 Å². The molecule has 0 aromatic heterocycles. The summed E-state index contributed by atoms with van der Waals surface area (Å²) in [5.41, 5.74) is -0.303. The minimum absolute atomic E-state index is 0.0866. The predicted octanol–water partition coefficient (Wildman–Crippen LogP) is 0.161. The van der Waals surface area contributed by atoms with Crippen molar-refractivity contribution in [1.82, 2.24) is 15.5 Å². The highest BCUT2D eigenvalue weighted by molar-refractivity contribution is 5.87. The minimum Gasteiger partial charge on any atom is -0.481 e. The number of carbonyl (C=O) groups excluding carboxylic acids is 2. The van der Waals surface area contributed by atoms with Crippen LogP contribution in [0.1, 0.15) is 32.6 Å². The third-order valence-corrected chi connectivity index (χ3v) is 4.31. The van der Waals surface area contributed by atoms with Gasteiger partial charge in [-0.3, -0.25) is 9.59 Å². The Labute approximate surface area is 117 Å². The highest BCUT2D eigenvalue weighted by Gasteiger charge is 2.40. The summed E-state index contributed by atoms with van der Waals surface area (Å²) in [7, 11) is 0. The maximum absolute atomic E-state index is 12.1. The van der Waals surface area contributed by atoms with Gasteiger partial charge in [-0.1, -0.05) is 6.42 Å². The molecule has 0 bridgehead atoms. The first-order valence-electron chi connectivity index (χ1n) is 6.97.